The van der Waals surface area contributed by atoms with E-state index in [1.807, 2.05) is 0 Å². The maximum absolute atomic E-state index is 14.3. The van der Waals surface area contributed by atoms with Gasteiger partial charge in [0.15, 0.2) is 5.60 Å². The first kappa shape index (κ1) is 33.0. The van der Waals surface area contributed by atoms with Crippen LogP contribution < -0.4 is 16.0 Å². The van der Waals surface area contributed by atoms with Crippen molar-refractivity contribution in [2.45, 2.75) is 82.5 Å². The highest BCUT2D eigenvalue weighted by Crippen LogP contribution is 2.55. The summed E-state index contributed by atoms with van der Waals surface area (Å²) < 4.78 is 60.7. The Kier molecular flexibility index (Phi) is 8.20. The van der Waals surface area contributed by atoms with Gasteiger partial charge in [0.2, 0.25) is 0 Å². The van der Waals surface area contributed by atoms with Crippen LogP contribution in [-0.2, 0) is 21.6 Å². The molecule has 0 spiro atoms. The number of aliphatic hydroxyl groups is 1. The van der Waals surface area contributed by atoms with Gasteiger partial charge in [-0.15, -0.1) is 11.3 Å². The highest BCUT2D eigenvalue weighted by atomic mass is 32.1. The molecule has 0 radical (unpaired) electrons. The van der Waals surface area contributed by atoms with Crippen molar-refractivity contribution in [3.63, 3.8) is 0 Å². The van der Waals surface area contributed by atoms with Crippen LogP contribution in [0.5, 0.6) is 5.75 Å². The number of methoxy groups -OCH3 is 1. The number of nitrogens with zero attached hydrogens (tertiary/aromatic N) is 2. The SMILES string of the molecule is COc1ccccc1C(Cn1c(=O)n(C(C)(C)C(=O)O)c(=O)c2c(C)c(-c3ccco3)sc21)OC1C[C@@H]2CC(O)(C(F)(F)F)C[C@@H]2C1. The number of benzene rings is 1. The third-order valence-electron chi connectivity index (χ3n) is 9.76. The monoisotopic (exact) mass is 676 g/mol. The van der Waals surface area contributed by atoms with E-state index in [1.165, 1.54) is 31.8 Å². The van der Waals surface area contributed by atoms with Gasteiger partial charge in [-0.05, 0) is 82.1 Å². The number of hydrogen-bond acceptors (Lipinski definition) is 8. The molecule has 0 saturated heterocycles. The molecule has 4 aromatic rings. The van der Waals surface area contributed by atoms with E-state index < -0.39 is 71.4 Å². The Balaban J connectivity index is 1.47. The Morgan fingerprint density at radius 1 is 1.13 bits per heavy atom. The zero-order chi connectivity index (χ0) is 34.1. The minimum absolute atomic E-state index is 0.163. The fraction of sp³-hybridized carbons (Fsp3) is 0.485. The van der Waals surface area contributed by atoms with Crippen LogP contribution in [0.25, 0.3) is 20.9 Å². The number of carboxylic acid groups (broad SMARTS) is 1. The van der Waals surface area contributed by atoms with Crippen LogP contribution in [0.2, 0.25) is 0 Å². The summed E-state index contributed by atoms with van der Waals surface area (Å²) in [7, 11) is 1.48. The number of alkyl halides is 3. The summed E-state index contributed by atoms with van der Waals surface area (Å²) >= 11 is 1.16. The molecule has 2 fully saturated rings. The predicted molar refractivity (Wildman–Crippen MR) is 167 cm³/mol. The number of ether oxygens (including phenoxy) is 2. The summed E-state index contributed by atoms with van der Waals surface area (Å²) in [4.78, 5) is 41.5. The molecule has 3 heterocycles. The Labute approximate surface area is 271 Å². The number of para-hydroxylation sites is 1. The molecular weight excluding hydrogens is 641 g/mol. The molecule has 2 aliphatic rings. The summed E-state index contributed by atoms with van der Waals surface area (Å²) in [6.07, 6.45) is -4.85. The van der Waals surface area contributed by atoms with Gasteiger partial charge in [0.25, 0.3) is 5.56 Å². The van der Waals surface area contributed by atoms with E-state index in [2.05, 4.69) is 0 Å². The predicted octanol–water partition coefficient (Wildman–Crippen LogP) is 5.86. The summed E-state index contributed by atoms with van der Waals surface area (Å²) in [6.45, 7) is 4.09. The van der Waals surface area contributed by atoms with E-state index in [-0.39, 0.29) is 24.8 Å². The lowest BCUT2D eigenvalue weighted by atomic mass is 9.97. The van der Waals surface area contributed by atoms with Crippen LogP contribution in [0.3, 0.4) is 0 Å². The molecular formula is C33H35F3N2O8S. The number of hydrogen-bond donors (Lipinski definition) is 2. The van der Waals surface area contributed by atoms with Crippen LogP contribution in [0, 0.1) is 18.8 Å². The number of furan rings is 1. The van der Waals surface area contributed by atoms with Gasteiger partial charge in [-0.1, -0.05) is 18.2 Å². The van der Waals surface area contributed by atoms with Gasteiger partial charge in [0, 0.05) is 5.56 Å². The van der Waals surface area contributed by atoms with Crippen molar-refractivity contribution in [2.24, 2.45) is 11.8 Å². The fourth-order valence-corrected chi connectivity index (χ4v) is 8.50. The molecule has 2 N–H and O–H groups in total. The topological polar surface area (TPSA) is 133 Å². The fourth-order valence-electron chi connectivity index (χ4n) is 7.23. The summed E-state index contributed by atoms with van der Waals surface area (Å²) in [5, 5.41) is 20.6. The zero-order valence-electron chi connectivity index (χ0n) is 26.2. The highest BCUT2D eigenvalue weighted by Gasteiger charge is 2.62. The molecule has 5 atom stereocenters. The number of aliphatic carboxylic acids is 1. The third-order valence-corrected chi connectivity index (χ3v) is 11.1. The van der Waals surface area contributed by atoms with Crippen LogP contribution >= 0.6 is 11.3 Å². The van der Waals surface area contributed by atoms with Gasteiger partial charge in [-0.3, -0.25) is 9.36 Å². The lowest BCUT2D eigenvalue weighted by Crippen LogP contribution is -2.52. The molecule has 3 unspecified atom stereocenters. The van der Waals surface area contributed by atoms with Crippen molar-refractivity contribution < 1.29 is 42.1 Å². The van der Waals surface area contributed by atoms with E-state index in [1.54, 1.807) is 43.3 Å². The molecule has 47 heavy (non-hydrogen) atoms. The Morgan fingerprint density at radius 3 is 2.36 bits per heavy atom. The number of aryl methyl sites for hydroxylation is 1. The maximum atomic E-state index is 14.3. The van der Waals surface area contributed by atoms with Crippen LogP contribution in [-0.4, -0.2) is 50.3 Å². The zero-order valence-corrected chi connectivity index (χ0v) is 27.0. The minimum Gasteiger partial charge on any atom is -0.496 e. The van der Waals surface area contributed by atoms with Crippen molar-refractivity contribution >= 4 is 27.5 Å². The molecule has 1 aromatic carbocycles. The summed E-state index contributed by atoms with van der Waals surface area (Å²) in [6, 6.07) is 10.4. The van der Waals surface area contributed by atoms with Gasteiger partial charge in [-0.25, -0.2) is 14.2 Å². The normalized spacial score (nSPS) is 23.7. The Morgan fingerprint density at radius 2 is 1.79 bits per heavy atom. The smallest absolute Gasteiger partial charge is 0.417 e. The van der Waals surface area contributed by atoms with Crippen LogP contribution in [0.1, 0.15) is 56.8 Å². The number of carboxylic acids is 1. The third kappa shape index (κ3) is 5.49. The van der Waals surface area contributed by atoms with Gasteiger partial charge >= 0.3 is 17.8 Å². The number of fused-ring (bicyclic) bond motifs is 2. The van der Waals surface area contributed by atoms with E-state index in [9.17, 15) is 37.8 Å². The second kappa shape index (κ2) is 11.7. The first-order chi connectivity index (χ1) is 22.1. The molecule has 2 saturated carbocycles. The molecule has 2 aliphatic carbocycles. The lowest BCUT2D eigenvalue weighted by molar-refractivity contribution is -0.260. The highest BCUT2D eigenvalue weighted by molar-refractivity contribution is 7.22. The van der Waals surface area contributed by atoms with Gasteiger partial charge in [0.1, 0.15) is 28.0 Å². The molecule has 0 amide bonds. The van der Waals surface area contributed by atoms with Gasteiger partial charge in [0.05, 0.1) is 36.3 Å². The molecule has 3 aromatic heterocycles. The Bertz CT molecular complexity index is 1930. The first-order valence-electron chi connectivity index (χ1n) is 15.2. The summed E-state index contributed by atoms with van der Waals surface area (Å²) in [5.74, 6) is -1.25. The summed E-state index contributed by atoms with van der Waals surface area (Å²) in [5.41, 5.74) is -5.16. The maximum Gasteiger partial charge on any atom is 0.417 e. The largest absolute Gasteiger partial charge is 0.496 e. The molecule has 252 valence electrons. The van der Waals surface area contributed by atoms with Crippen molar-refractivity contribution in [2.75, 3.05) is 7.11 Å². The second-order valence-electron chi connectivity index (χ2n) is 13.0. The van der Waals surface area contributed by atoms with Crippen LogP contribution in [0.4, 0.5) is 13.2 Å². The minimum atomic E-state index is -4.72. The van der Waals surface area contributed by atoms with E-state index >= 15 is 0 Å². The van der Waals surface area contributed by atoms with Crippen LogP contribution in [0.15, 0.2) is 56.7 Å². The van der Waals surface area contributed by atoms with Crippen molar-refractivity contribution in [1.29, 1.82) is 0 Å². The molecule has 0 bridgehead atoms. The second-order valence-corrected chi connectivity index (χ2v) is 14.0. The molecule has 10 nitrogen and oxygen atoms in total. The van der Waals surface area contributed by atoms with Crippen molar-refractivity contribution in [1.82, 2.24) is 9.13 Å². The number of carbonyl (C=O) groups is 1. The average Bonchev–Trinajstić information content (AvgIpc) is 3.78. The first-order valence-corrected chi connectivity index (χ1v) is 16.0. The van der Waals surface area contributed by atoms with Gasteiger partial charge in [-0.2, -0.15) is 13.2 Å². The van der Waals surface area contributed by atoms with Gasteiger partial charge < -0.3 is 24.1 Å². The number of aromatic nitrogens is 2. The van der Waals surface area contributed by atoms with E-state index in [0.29, 0.717) is 32.3 Å². The lowest BCUT2D eigenvalue weighted by Gasteiger charge is -2.29. The van der Waals surface area contributed by atoms with E-state index in [4.69, 9.17) is 13.9 Å². The quantitative estimate of drug-likeness (QED) is 0.225. The average molecular weight is 677 g/mol. The Hall–Kier alpha value is -3.88. The molecule has 0 aliphatic heterocycles. The number of thiophene rings is 1. The van der Waals surface area contributed by atoms with Crippen molar-refractivity contribution in [3.05, 3.63) is 74.6 Å². The van der Waals surface area contributed by atoms with Crippen molar-refractivity contribution in [3.8, 4) is 16.4 Å². The molecule has 14 heteroatoms. The number of halogens is 3. The standard InChI is InChI=1S/C33H35F3N2O8S/c1-17-25-27(39)38(31(2,3)29(40)41)30(42)37(28(25)47-26(17)23-10-7-11-45-23)16-24(21-8-5-6-9-22(21)44-4)46-20-12-18-14-32(43,33(34,35)36)15-19(18)13-20/h5-11,18-20,24,43H,12-16H2,1-4H3,(H,40,41)/t18-,19+,20?,24?,32?. The van der Waals surface area contributed by atoms with E-state index in [0.717, 1.165) is 15.9 Å². The number of rotatable bonds is 9. The molecule has 6 rings (SSSR count).